The van der Waals surface area contributed by atoms with Gasteiger partial charge >= 0.3 is 5.24 Å². The fourth-order valence-electron chi connectivity index (χ4n) is 1.19. The Morgan fingerprint density at radius 1 is 1.07 bits per heavy atom. The zero-order chi connectivity index (χ0) is 10.7. The average molecular weight is 224 g/mol. The molecule has 14 heavy (non-hydrogen) atoms. The summed E-state index contributed by atoms with van der Waals surface area (Å²) in [7, 11) is 0. The molecular formula is C7H12O6S. The molecule has 1 fully saturated rings. The Morgan fingerprint density at radius 2 is 1.43 bits per heavy atom. The van der Waals surface area contributed by atoms with Crippen molar-refractivity contribution in [1.29, 1.82) is 0 Å². The molecule has 4 atom stereocenters. The third kappa shape index (κ3) is 2.31. The van der Waals surface area contributed by atoms with Crippen molar-refractivity contribution in [2.75, 3.05) is 13.2 Å². The molecule has 1 aliphatic heterocycles. The first kappa shape index (κ1) is 11.6. The van der Waals surface area contributed by atoms with E-state index in [-0.39, 0.29) is 5.24 Å². The van der Waals surface area contributed by atoms with E-state index in [0.717, 1.165) is 0 Å². The van der Waals surface area contributed by atoms with Crippen LogP contribution in [0.1, 0.15) is 0 Å². The smallest absolute Gasteiger partial charge is 0.353 e. The van der Waals surface area contributed by atoms with E-state index in [1.807, 2.05) is 0 Å². The summed E-state index contributed by atoms with van der Waals surface area (Å²) in [6.45, 7) is -1.07. The van der Waals surface area contributed by atoms with Gasteiger partial charge in [0.1, 0.15) is 12.2 Å². The summed E-state index contributed by atoms with van der Waals surface area (Å²) in [6.07, 6.45) is -4.31. The summed E-state index contributed by atoms with van der Waals surface area (Å²) in [5.41, 5.74) is 0. The lowest BCUT2D eigenvalue weighted by Gasteiger charge is -2.22. The van der Waals surface area contributed by atoms with Crippen LogP contribution in [0.15, 0.2) is 0 Å². The molecule has 0 unspecified atom stereocenters. The van der Waals surface area contributed by atoms with Crippen LogP contribution in [0.4, 0.5) is 0 Å². The number of thiocarbonyl (C=S) groups is 1. The van der Waals surface area contributed by atoms with Crippen LogP contribution in [-0.4, -0.2) is 63.3 Å². The van der Waals surface area contributed by atoms with Crippen LogP contribution < -0.4 is 0 Å². The molecule has 0 bridgehead atoms. The predicted molar refractivity (Wildman–Crippen MR) is 48.5 cm³/mol. The molecular weight excluding hydrogens is 212 g/mol. The topological polar surface area (TPSA) is 99.4 Å². The lowest BCUT2D eigenvalue weighted by atomic mass is 10.0. The highest BCUT2D eigenvalue weighted by molar-refractivity contribution is 7.79. The van der Waals surface area contributed by atoms with Gasteiger partial charge in [-0.1, -0.05) is 0 Å². The van der Waals surface area contributed by atoms with Gasteiger partial charge < -0.3 is 29.9 Å². The van der Waals surface area contributed by atoms with Crippen molar-refractivity contribution in [3.63, 3.8) is 0 Å². The van der Waals surface area contributed by atoms with E-state index in [0.29, 0.717) is 0 Å². The lowest BCUT2D eigenvalue weighted by Crippen LogP contribution is -2.45. The van der Waals surface area contributed by atoms with Gasteiger partial charge in [-0.2, -0.15) is 0 Å². The Morgan fingerprint density at radius 3 is 1.71 bits per heavy atom. The predicted octanol–water partition coefficient (Wildman–Crippen LogP) is -2.24. The fourth-order valence-corrected chi connectivity index (χ4v) is 1.41. The molecule has 4 N–H and O–H groups in total. The highest BCUT2D eigenvalue weighted by atomic mass is 32.1. The molecule has 0 saturated carbocycles. The molecule has 7 heteroatoms. The maximum Gasteiger partial charge on any atom is 0.353 e. The van der Waals surface area contributed by atoms with Gasteiger partial charge in [-0.3, -0.25) is 0 Å². The van der Waals surface area contributed by atoms with Gasteiger partial charge in [-0.05, 0) is 0 Å². The first-order valence-electron chi connectivity index (χ1n) is 4.05. The van der Waals surface area contributed by atoms with Crippen LogP contribution in [0.25, 0.3) is 0 Å². The molecule has 0 aliphatic carbocycles. The van der Waals surface area contributed by atoms with Crippen molar-refractivity contribution < 1.29 is 29.9 Å². The minimum atomic E-state index is -1.21. The number of hydrogen-bond acceptors (Lipinski definition) is 7. The van der Waals surface area contributed by atoms with E-state index in [2.05, 4.69) is 12.2 Å². The number of aliphatic hydroxyl groups is 4. The van der Waals surface area contributed by atoms with Crippen LogP contribution in [-0.2, 0) is 9.47 Å². The summed E-state index contributed by atoms with van der Waals surface area (Å²) in [6, 6.07) is 0. The van der Waals surface area contributed by atoms with Crippen LogP contribution in [0.2, 0.25) is 0 Å². The second kappa shape index (κ2) is 4.85. The standard InChI is InChI=1S/C7H12O6S/c8-1-3(10)5-6(4(11)2-9)13-7(14)12-5/h3-6,8-11H,1-2H2/t3-,4-,5-,6-/m1/s1. The van der Waals surface area contributed by atoms with Crippen LogP contribution >= 0.6 is 12.2 Å². The monoisotopic (exact) mass is 224 g/mol. The Bertz CT molecular complexity index is 190. The van der Waals surface area contributed by atoms with Gasteiger partial charge in [-0.25, -0.2) is 0 Å². The van der Waals surface area contributed by atoms with E-state index in [1.165, 1.54) is 0 Å². The van der Waals surface area contributed by atoms with E-state index in [4.69, 9.17) is 19.7 Å². The van der Waals surface area contributed by atoms with Gasteiger partial charge in [0.2, 0.25) is 0 Å². The van der Waals surface area contributed by atoms with E-state index >= 15 is 0 Å². The van der Waals surface area contributed by atoms with Crippen molar-refractivity contribution in [2.24, 2.45) is 0 Å². The minimum Gasteiger partial charge on any atom is -0.447 e. The molecule has 1 aliphatic rings. The highest BCUT2D eigenvalue weighted by Crippen LogP contribution is 2.21. The minimum absolute atomic E-state index is 0.208. The molecule has 6 nitrogen and oxygen atoms in total. The lowest BCUT2D eigenvalue weighted by molar-refractivity contribution is -0.0640. The summed E-state index contributed by atoms with van der Waals surface area (Å²) >= 11 is 4.58. The number of ether oxygens (including phenoxy) is 2. The van der Waals surface area contributed by atoms with Crippen molar-refractivity contribution in [1.82, 2.24) is 0 Å². The second-order valence-corrected chi connectivity index (χ2v) is 3.25. The number of aliphatic hydroxyl groups excluding tert-OH is 4. The van der Waals surface area contributed by atoms with E-state index in [9.17, 15) is 10.2 Å². The maximum absolute atomic E-state index is 9.28. The quantitative estimate of drug-likeness (QED) is 0.401. The van der Waals surface area contributed by atoms with Gasteiger partial charge in [0, 0.05) is 12.2 Å². The average Bonchev–Trinajstić information content (AvgIpc) is 2.58. The van der Waals surface area contributed by atoms with Gasteiger partial charge in [0.15, 0.2) is 12.2 Å². The summed E-state index contributed by atoms with van der Waals surface area (Å²) in [5.74, 6) is 0. The fraction of sp³-hybridized carbons (Fsp3) is 0.857. The first-order chi connectivity index (χ1) is 6.60. The summed E-state index contributed by atoms with van der Waals surface area (Å²) < 4.78 is 9.76. The molecule has 0 spiro atoms. The van der Waals surface area contributed by atoms with Crippen molar-refractivity contribution >= 4 is 17.5 Å². The Balaban J connectivity index is 2.67. The first-order valence-corrected chi connectivity index (χ1v) is 4.46. The van der Waals surface area contributed by atoms with Gasteiger partial charge in [-0.15, -0.1) is 0 Å². The largest absolute Gasteiger partial charge is 0.447 e. The highest BCUT2D eigenvalue weighted by Gasteiger charge is 2.43. The summed E-state index contributed by atoms with van der Waals surface area (Å²) in [5, 5.41) is 35.7. The zero-order valence-corrected chi connectivity index (χ0v) is 8.05. The SMILES string of the molecule is OC[C@@H](O)[C@H]1OC(=S)O[C@@H]1[C@H](O)CO. The second-order valence-electron chi connectivity index (χ2n) is 2.91. The molecule has 82 valence electrons. The Kier molecular flexibility index (Phi) is 4.02. The molecule has 0 aromatic rings. The van der Waals surface area contributed by atoms with E-state index in [1.54, 1.807) is 0 Å². The molecule has 1 rings (SSSR count). The van der Waals surface area contributed by atoms with Crippen LogP contribution in [0.3, 0.4) is 0 Å². The molecule has 1 heterocycles. The van der Waals surface area contributed by atoms with Gasteiger partial charge in [0.25, 0.3) is 0 Å². The molecule has 0 radical (unpaired) electrons. The van der Waals surface area contributed by atoms with Crippen molar-refractivity contribution in [3.8, 4) is 0 Å². The van der Waals surface area contributed by atoms with Crippen molar-refractivity contribution in [3.05, 3.63) is 0 Å². The number of rotatable bonds is 4. The maximum atomic E-state index is 9.28. The van der Waals surface area contributed by atoms with Crippen molar-refractivity contribution in [2.45, 2.75) is 24.4 Å². The molecule has 0 aromatic carbocycles. The van der Waals surface area contributed by atoms with Crippen LogP contribution in [0, 0.1) is 0 Å². The number of hydrogen-bond donors (Lipinski definition) is 4. The zero-order valence-electron chi connectivity index (χ0n) is 7.24. The Hall–Kier alpha value is -0.470. The van der Waals surface area contributed by atoms with Crippen LogP contribution in [0.5, 0.6) is 0 Å². The third-order valence-corrected chi connectivity index (χ3v) is 2.11. The Labute approximate surface area is 85.7 Å². The molecule has 1 saturated heterocycles. The molecule has 0 amide bonds. The van der Waals surface area contributed by atoms with E-state index < -0.39 is 37.6 Å². The molecule has 0 aromatic heterocycles. The summed E-state index contributed by atoms with van der Waals surface area (Å²) in [4.78, 5) is 0. The third-order valence-electron chi connectivity index (χ3n) is 1.92. The van der Waals surface area contributed by atoms with Gasteiger partial charge in [0.05, 0.1) is 13.2 Å². The normalized spacial score (nSPS) is 30.7.